The molecule has 0 saturated heterocycles. The molecule has 0 bridgehead atoms. The zero-order chi connectivity index (χ0) is 13.9. The quantitative estimate of drug-likeness (QED) is 0.768. The number of carbonyl (C=O) groups is 1. The average molecular weight is 270 g/mol. The summed E-state index contributed by atoms with van der Waals surface area (Å²) < 4.78 is 0. The third-order valence-corrected chi connectivity index (χ3v) is 3.48. The molecule has 20 heavy (non-hydrogen) atoms. The first-order valence-corrected chi connectivity index (χ1v) is 6.83. The molecule has 0 aliphatic carbocycles. The summed E-state index contributed by atoms with van der Waals surface area (Å²) in [6.07, 6.45) is 4.98. The van der Waals surface area contributed by atoms with Crippen LogP contribution in [0, 0.1) is 0 Å². The molecule has 3 N–H and O–H groups in total. The van der Waals surface area contributed by atoms with Crippen molar-refractivity contribution in [3.8, 4) is 0 Å². The third-order valence-electron chi connectivity index (χ3n) is 3.48. The predicted molar refractivity (Wildman–Crippen MR) is 82.1 cm³/mol. The maximum Gasteiger partial charge on any atom is 0.221 e. The molecule has 0 fully saturated rings. The lowest BCUT2D eigenvalue weighted by Gasteiger charge is -2.23. The van der Waals surface area contributed by atoms with E-state index in [0.717, 1.165) is 36.4 Å². The van der Waals surface area contributed by atoms with E-state index in [1.54, 1.807) is 6.34 Å². The van der Waals surface area contributed by atoms with Gasteiger partial charge < -0.3 is 16.0 Å². The van der Waals surface area contributed by atoms with Gasteiger partial charge in [0.1, 0.15) is 0 Å². The van der Waals surface area contributed by atoms with Gasteiger partial charge in [0.05, 0.1) is 18.9 Å². The third kappa shape index (κ3) is 2.66. The van der Waals surface area contributed by atoms with Gasteiger partial charge in [0.2, 0.25) is 5.91 Å². The first-order chi connectivity index (χ1) is 9.72. The second-order valence-electron chi connectivity index (χ2n) is 5.08. The van der Waals surface area contributed by atoms with E-state index in [1.807, 2.05) is 18.2 Å². The van der Waals surface area contributed by atoms with E-state index in [4.69, 9.17) is 0 Å². The van der Waals surface area contributed by atoms with Crippen LogP contribution >= 0.6 is 0 Å². The molecular weight excluding hydrogens is 252 g/mol. The molecule has 5 nitrogen and oxygen atoms in total. The van der Waals surface area contributed by atoms with Crippen LogP contribution in [0.15, 0.2) is 29.3 Å². The van der Waals surface area contributed by atoms with Gasteiger partial charge in [-0.25, -0.2) is 0 Å². The van der Waals surface area contributed by atoms with Crippen LogP contribution in [0.2, 0.25) is 0 Å². The van der Waals surface area contributed by atoms with Gasteiger partial charge in [0, 0.05) is 30.4 Å². The van der Waals surface area contributed by atoms with Crippen LogP contribution in [0.4, 0.5) is 11.4 Å². The Labute approximate surface area is 118 Å². The molecule has 2 aliphatic rings. The van der Waals surface area contributed by atoms with Crippen LogP contribution in [-0.4, -0.2) is 31.4 Å². The van der Waals surface area contributed by atoms with Gasteiger partial charge in [0.15, 0.2) is 0 Å². The van der Waals surface area contributed by atoms with Crippen molar-refractivity contribution in [3.05, 3.63) is 29.8 Å². The highest BCUT2D eigenvalue weighted by Gasteiger charge is 2.17. The average Bonchev–Trinajstić information content (AvgIpc) is 2.92. The Kier molecular flexibility index (Phi) is 3.41. The number of aliphatic imine (C=N–C) groups is 1. The lowest BCUT2D eigenvalue weighted by Crippen LogP contribution is -2.23. The van der Waals surface area contributed by atoms with Crippen molar-refractivity contribution in [2.75, 3.05) is 23.7 Å². The molecule has 0 aromatic heterocycles. The Morgan fingerprint density at radius 1 is 1.50 bits per heavy atom. The van der Waals surface area contributed by atoms with Crippen LogP contribution in [0.1, 0.15) is 18.9 Å². The van der Waals surface area contributed by atoms with Crippen LogP contribution in [-0.2, 0) is 4.79 Å². The molecule has 1 atom stereocenters. The van der Waals surface area contributed by atoms with Crippen molar-refractivity contribution in [3.63, 3.8) is 0 Å². The number of fused-ring (bicyclic) bond motifs is 1. The number of carbonyl (C=O) groups excluding carboxylic acids is 1. The van der Waals surface area contributed by atoms with E-state index in [2.05, 4.69) is 27.0 Å². The summed E-state index contributed by atoms with van der Waals surface area (Å²) in [5.41, 5.74) is 4.42. The highest BCUT2D eigenvalue weighted by atomic mass is 16.1. The number of hydrogen-bond donors (Lipinski definition) is 3. The number of rotatable bonds is 2. The second kappa shape index (κ2) is 5.36. The van der Waals surface area contributed by atoms with Gasteiger partial charge in [-0.15, -0.1) is 0 Å². The SMILES string of the molecule is CC(=O)Nc1ccc2c(c1)/C(=C/C1CN=CN1)CCN2. The first kappa shape index (κ1) is 12.7. The zero-order valence-corrected chi connectivity index (χ0v) is 11.4. The molecule has 2 heterocycles. The molecule has 1 unspecified atom stereocenters. The van der Waals surface area contributed by atoms with E-state index in [-0.39, 0.29) is 11.9 Å². The minimum absolute atomic E-state index is 0.0508. The fraction of sp³-hybridized carbons (Fsp3) is 0.333. The van der Waals surface area contributed by atoms with E-state index in [1.165, 1.54) is 12.5 Å². The summed E-state index contributed by atoms with van der Waals surface area (Å²) in [4.78, 5) is 15.4. The molecule has 3 rings (SSSR count). The smallest absolute Gasteiger partial charge is 0.221 e. The van der Waals surface area contributed by atoms with Crippen molar-refractivity contribution < 1.29 is 4.79 Å². The van der Waals surface area contributed by atoms with Crippen LogP contribution in [0.3, 0.4) is 0 Å². The van der Waals surface area contributed by atoms with Gasteiger partial charge in [-0.05, 0) is 30.2 Å². The van der Waals surface area contributed by atoms with Crippen molar-refractivity contribution in [1.29, 1.82) is 0 Å². The molecule has 0 saturated carbocycles. The number of hydrogen-bond acceptors (Lipinski definition) is 4. The number of anilines is 2. The van der Waals surface area contributed by atoms with E-state index in [9.17, 15) is 4.79 Å². The van der Waals surface area contributed by atoms with Crippen molar-refractivity contribution in [1.82, 2.24) is 5.32 Å². The zero-order valence-electron chi connectivity index (χ0n) is 11.4. The van der Waals surface area contributed by atoms with Gasteiger partial charge in [-0.2, -0.15) is 0 Å². The summed E-state index contributed by atoms with van der Waals surface area (Å²) in [5.74, 6) is -0.0508. The Balaban J connectivity index is 1.91. The topological polar surface area (TPSA) is 65.5 Å². The van der Waals surface area contributed by atoms with Gasteiger partial charge in [-0.3, -0.25) is 9.79 Å². The molecule has 2 aliphatic heterocycles. The first-order valence-electron chi connectivity index (χ1n) is 6.83. The van der Waals surface area contributed by atoms with Crippen molar-refractivity contribution >= 4 is 29.2 Å². The molecular formula is C15H18N4O. The normalized spacial score (nSPS) is 22.1. The fourth-order valence-corrected chi connectivity index (χ4v) is 2.60. The Bertz CT molecular complexity index is 584. The lowest BCUT2D eigenvalue weighted by molar-refractivity contribution is -0.114. The lowest BCUT2D eigenvalue weighted by atomic mass is 9.95. The highest BCUT2D eigenvalue weighted by molar-refractivity contribution is 5.91. The molecule has 104 valence electrons. The summed E-state index contributed by atoms with van der Waals surface area (Å²) in [5, 5.41) is 9.45. The number of nitrogens with one attached hydrogen (secondary N) is 3. The minimum atomic E-state index is -0.0508. The van der Waals surface area contributed by atoms with E-state index >= 15 is 0 Å². The maximum absolute atomic E-state index is 11.2. The van der Waals surface area contributed by atoms with Crippen LogP contribution in [0.25, 0.3) is 5.57 Å². The van der Waals surface area contributed by atoms with Gasteiger partial charge >= 0.3 is 0 Å². The van der Waals surface area contributed by atoms with Crippen LogP contribution in [0.5, 0.6) is 0 Å². The predicted octanol–water partition coefficient (Wildman–Crippen LogP) is 1.84. The van der Waals surface area contributed by atoms with Crippen LogP contribution < -0.4 is 16.0 Å². The molecule has 1 aromatic carbocycles. The molecule has 5 heteroatoms. The number of benzene rings is 1. The van der Waals surface area contributed by atoms with E-state index in [0.29, 0.717) is 0 Å². The molecule has 0 spiro atoms. The summed E-state index contributed by atoms with van der Waals surface area (Å²) in [7, 11) is 0. The minimum Gasteiger partial charge on any atom is -0.384 e. The van der Waals surface area contributed by atoms with E-state index < -0.39 is 0 Å². The molecule has 1 amide bonds. The highest BCUT2D eigenvalue weighted by Crippen LogP contribution is 2.33. The summed E-state index contributed by atoms with van der Waals surface area (Å²) in [6.45, 7) is 3.25. The van der Waals surface area contributed by atoms with Crippen molar-refractivity contribution in [2.24, 2.45) is 4.99 Å². The fourth-order valence-electron chi connectivity index (χ4n) is 2.60. The monoisotopic (exact) mass is 270 g/mol. The number of nitrogens with zero attached hydrogens (tertiary/aromatic N) is 1. The Hall–Kier alpha value is -2.30. The number of amides is 1. The molecule has 0 radical (unpaired) electrons. The van der Waals surface area contributed by atoms with Gasteiger partial charge in [0.25, 0.3) is 0 Å². The molecule has 1 aromatic rings. The van der Waals surface area contributed by atoms with Crippen molar-refractivity contribution in [2.45, 2.75) is 19.4 Å². The Morgan fingerprint density at radius 2 is 2.40 bits per heavy atom. The second-order valence-corrected chi connectivity index (χ2v) is 5.08. The standard InChI is InChI=1S/C15H18N4O/c1-10(20)19-12-2-3-15-14(7-12)11(4-5-17-15)6-13-8-16-9-18-13/h2-3,6-7,9,13,17H,4-5,8H2,1H3,(H,16,18)(H,19,20)/b11-6+. The largest absolute Gasteiger partial charge is 0.384 e. The Morgan fingerprint density at radius 3 is 3.15 bits per heavy atom. The summed E-state index contributed by atoms with van der Waals surface area (Å²) >= 11 is 0. The van der Waals surface area contributed by atoms with Gasteiger partial charge in [-0.1, -0.05) is 6.08 Å². The summed E-state index contributed by atoms with van der Waals surface area (Å²) in [6, 6.07) is 6.25. The maximum atomic E-state index is 11.2.